The number of carboxylic acid groups (broad SMARTS) is 1. The molecule has 7 nitrogen and oxygen atoms in total. The summed E-state index contributed by atoms with van der Waals surface area (Å²) < 4.78 is 5.23. The van der Waals surface area contributed by atoms with E-state index in [9.17, 15) is 9.59 Å². The zero-order chi connectivity index (χ0) is 14.4. The van der Waals surface area contributed by atoms with Gasteiger partial charge in [0.1, 0.15) is 0 Å². The van der Waals surface area contributed by atoms with Gasteiger partial charge in [0.2, 0.25) is 0 Å². The lowest BCUT2D eigenvalue weighted by Gasteiger charge is -2.35. The molecule has 1 fully saturated rings. The number of hydrogen-bond donors (Lipinski definition) is 2. The number of nitrogens with zero attached hydrogens (tertiary/aromatic N) is 2. The summed E-state index contributed by atoms with van der Waals surface area (Å²) in [6, 6.07) is -0.382. The van der Waals surface area contributed by atoms with Crippen LogP contribution < -0.4 is 5.32 Å². The third-order valence-corrected chi connectivity index (χ3v) is 3.33. The smallest absolute Gasteiger partial charge is 0.317 e. The Hall–Kier alpha value is -1.34. The molecule has 0 aromatic rings. The summed E-state index contributed by atoms with van der Waals surface area (Å²) in [7, 11) is 3.89. The number of carbonyl (C=O) groups excluding carboxylic acids is 1. The van der Waals surface area contributed by atoms with Crippen molar-refractivity contribution in [3.8, 4) is 0 Å². The second-order valence-corrected chi connectivity index (χ2v) is 5.02. The van der Waals surface area contributed by atoms with Crippen LogP contribution in [0.15, 0.2) is 0 Å². The van der Waals surface area contributed by atoms with Gasteiger partial charge >= 0.3 is 12.0 Å². The van der Waals surface area contributed by atoms with Gasteiger partial charge in [-0.3, -0.25) is 4.79 Å². The van der Waals surface area contributed by atoms with Gasteiger partial charge in [-0.1, -0.05) is 0 Å². The molecule has 2 N–H and O–H groups in total. The van der Waals surface area contributed by atoms with Crippen LogP contribution in [0.1, 0.15) is 13.3 Å². The van der Waals surface area contributed by atoms with Gasteiger partial charge in [-0.05, 0) is 21.0 Å². The van der Waals surface area contributed by atoms with Crippen molar-refractivity contribution in [1.82, 2.24) is 15.1 Å². The molecule has 2 atom stereocenters. The second kappa shape index (κ2) is 7.30. The molecule has 110 valence electrons. The van der Waals surface area contributed by atoms with Crippen LogP contribution in [0, 0.1) is 0 Å². The summed E-state index contributed by atoms with van der Waals surface area (Å²) in [6.07, 6.45) is -0.0867. The van der Waals surface area contributed by atoms with Crippen molar-refractivity contribution in [3.05, 3.63) is 0 Å². The summed E-state index contributed by atoms with van der Waals surface area (Å²) in [4.78, 5) is 26.4. The minimum Gasteiger partial charge on any atom is -0.481 e. The summed E-state index contributed by atoms with van der Waals surface area (Å²) in [6.45, 7) is 3.70. The Morgan fingerprint density at radius 1 is 1.53 bits per heavy atom. The van der Waals surface area contributed by atoms with E-state index in [1.165, 1.54) is 0 Å². The van der Waals surface area contributed by atoms with Gasteiger partial charge in [-0.15, -0.1) is 0 Å². The molecule has 2 unspecified atom stereocenters. The lowest BCUT2D eigenvalue weighted by molar-refractivity contribution is -0.139. The first-order valence-electron chi connectivity index (χ1n) is 6.42. The minimum atomic E-state index is -0.921. The lowest BCUT2D eigenvalue weighted by atomic mass is 10.1. The average molecular weight is 273 g/mol. The molecule has 0 aromatic carbocycles. The molecule has 1 heterocycles. The fourth-order valence-corrected chi connectivity index (χ4v) is 1.81. The first-order chi connectivity index (χ1) is 8.91. The second-order valence-electron chi connectivity index (χ2n) is 5.02. The number of likely N-dealkylation sites (N-methyl/N-ethyl adjacent to an activating group) is 1. The minimum absolute atomic E-state index is 0.0867. The van der Waals surface area contributed by atoms with Crippen molar-refractivity contribution >= 4 is 12.0 Å². The van der Waals surface area contributed by atoms with E-state index >= 15 is 0 Å². The molecule has 1 saturated heterocycles. The fourth-order valence-electron chi connectivity index (χ4n) is 1.81. The molecule has 2 amide bonds. The van der Waals surface area contributed by atoms with Crippen molar-refractivity contribution in [2.45, 2.75) is 25.4 Å². The largest absolute Gasteiger partial charge is 0.481 e. The lowest BCUT2D eigenvalue weighted by Crippen LogP contribution is -2.54. The van der Waals surface area contributed by atoms with Crippen LogP contribution in [-0.4, -0.2) is 79.4 Å². The molecular weight excluding hydrogens is 250 g/mol. The van der Waals surface area contributed by atoms with Crippen molar-refractivity contribution < 1.29 is 19.4 Å². The van der Waals surface area contributed by atoms with E-state index in [4.69, 9.17) is 9.84 Å². The Morgan fingerprint density at radius 3 is 2.79 bits per heavy atom. The molecule has 1 rings (SSSR count). The van der Waals surface area contributed by atoms with Gasteiger partial charge in [0.25, 0.3) is 0 Å². The van der Waals surface area contributed by atoms with E-state index in [-0.39, 0.29) is 31.1 Å². The SMILES string of the molecule is CC(CNC(=O)N1CCOCC1CC(=O)O)N(C)C. The molecule has 0 aliphatic carbocycles. The van der Waals surface area contributed by atoms with E-state index in [2.05, 4.69) is 5.32 Å². The summed E-state index contributed by atoms with van der Waals surface area (Å²) in [5.74, 6) is -0.921. The molecule has 1 aliphatic rings. The third-order valence-electron chi connectivity index (χ3n) is 3.33. The van der Waals surface area contributed by atoms with Crippen LogP contribution in [0.4, 0.5) is 4.79 Å². The van der Waals surface area contributed by atoms with Gasteiger partial charge in [0.15, 0.2) is 0 Å². The van der Waals surface area contributed by atoms with E-state index < -0.39 is 5.97 Å². The van der Waals surface area contributed by atoms with Crippen LogP contribution in [0.25, 0.3) is 0 Å². The molecule has 0 aromatic heterocycles. The van der Waals surface area contributed by atoms with Crippen LogP contribution >= 0.6 is 0 Å². The maximum Gasteiger partial charge on any atom is 0.317 e. The molecule has 0 saturated carbocycles. The maximum atomic E-state index is 12.1. The van der Waals surface area contributed by atoms with Crippen molar-refractivity contribution in [2.24, 2.45) is 0 Å². The number of ether oxygens (including phenoxy) is 1. The Bertz CT molecular complexity index is 322. The molecule has 0 radical (unpaired) electrons. The van der Waals surface area contributed by atoms with Crippen molar-refractivity contribution in [3.63, 3.8) is 0 Å². The van der Waals surface area contributed by atoms with Gasteiger partial charge < -0.3 is 25.0 Å². The number of amides is 2. The van der Waals surface area contributed by atoms with Crippen molar-refractivity contribution in [1.29, 1.82) is 0 Å². The highest BCUT2D eigenvalue weighted by Crippen LogP contribution is 2.10. The normalized spacial score (nSPS) is 21.3. The number of urea groups is 1. The number of nitrogens with one attached hydrogen (secondary N) is 1. The van der Waals surface area contributed by atoms with Crippen molar-refractivity contribution in [2.75, 3.05) is 40.4 Å². The van der Waals surface area contributed by atoms with Gasteiger partial charge in [-0.2, -0.15) is 0 Å². The van der Waals surface area contributed by atoms with Gasteiger partial charge in [-0.25, -0.2) is 4.79 Å². The Morgan fingerprint density at radius 2 is 2.21 bits per heavy atom. The molecule has 0 spiro atoms. The predicted molar refractivity (Wildman–Crippen MR) is 70.1 cm³/mol. The third kappa shape index (κ3) is 5.04. The number of hydrogen-bond acceptors (Lipinski definition) is 4. The molecule has 1 aliphatic heterocycles. The Kier molecular flexibility index (Phi) is 6.04. The maximum absolute atomic E-state index is 12.1. The van der Waals surface area contributed by atoms with E-state index in [0.29, 0.717) is 19.7 Å². The number of carbonyl (C=O) groups is 2. The number of rotatable bonds is 5. The van der Waals surface area contributed by atoms with E-state index in [1.807, 2.05) is 25.9 Å². The average Bonchev–Trinajstić information content (AvgIpc) is 2.35. The summed E-state index contributed by atoms with van der Waals surface area (Å²) in [5.41, 5.74) is 0. The molecule has 19 heavy (non-hydrogen) atoms. The zero-order valence-electron chi connectivity index (χ0n) is 11.8. The first kappa shape index (κ1) is 15.7. The topological polar surface area (TPSA) is 82.1 Å². The summed E-state index contributed by atoms with van der Waals surface area (Å²) >= 11 is 0. The Balaban J connectivity index is 2.50. The predicted octanol–water partition coefficient (Wildman–Crippen LogP) is -0.178. The first-order valence-corrected chi connectivity index (χ1v) is 6.42. The standard InChI is InChI=1S/C12H23N3O4/c1-9(14(2)3)7-13-12(18)15-4-5-19-8-10(15)6-11(16)17/h9-10H,4-8H2,1-3H3,(H,13,18)(H,16,17). The van der Waals surface area contributed by atoms with E-state index in [0.717, 1.165) is 0 Å². The highest BCUT2D eigenvalue weighted by Gasteiger charge is 2.29. The van der Waals surface area contributed by atoms with Crippen LogP contribution in [0.3, 0.4) is 0 Å². The van der Waals surface area contributed by atoms with Crippen LogP contribution in [-0.2, 0) is 9.53 Å². The van der Waals surface area contributed by atoms with E-state index in [1.54, 1.807) is 4.90 Å². The van der Waals surface area contributed by atoms with Crippen LogP contribution in [0.2, 0.25) is 0 Å². The number of carboxylic acids is 1. The number of morpholine rings is 1. The highest BCUT2D eigenvalue weighted by molar-refractivity contribution is 5.76. The monoisotopic (exact) mass is 273 g/mol. The quantitative estimate of drug-likeness (QED) is 0.726. The Labute approximate surface area is 113 Å². The highest BCUT2D eigenvalue weighted by atomic mass is 16.5. The summed E-state index contributed by atoms with van der Waals surface area (Å²) in [5, 5.41) is 11.7. The molecular formula is C12H23N3O4. The molecule has 0 bridgehead atoms. The van der Waals surface area contributed by atoms with Gasteiger partial charge in [0.05, 0.1) is 25.7 Å². The molecule has 7 heteroatoms. The number of aliphatic carboxylic acids is 1. The fraction of sp³-hybridized carbons (Fsp3) is 0.833. The van der Waals surface area contributed by atoms with Crippen LogP contribution in [0.5, 0.6) is 0 Å². The zero-order valence-corrected chi connectivity index (χ0v) is 11.8. The van der Waals surface area contributed by atoms with Gasteiger partial charge in [0, 0.05) is 19.1 Å².